The van der Waals surface area contributed by atoms with E-state index in [0.717, 1.165) is 5.56 Å². The molecule has 0 bridgehead atoms. The van der Waals surface area contributed by atoms with E-state index in [-0.39, 0.29) is 23.9 Å². The molecule has 0 saturated heterocycles. The number of anilines is 1. The Kier molecular flexibility index (Phi) is 4.29. The number of rotatable bonds is 5. The van der Waals surface area contributed by atoms with Crippen molar-refractivity contribution in [3.63, 3.8) is 0 Å². The fraction of sp³-hybridized carbons (Fsp3) is 0.455. The molecule has 3 nitrogen and oxygen atoms in total. The Morgan fingerprint density at radius 3 is 2.62 bits per heavy atom. The van der Waals surface area contributed by atoms with Crippen LogP contribution in [0, 0.1) is 12.7 Å². The maximum absolute atomic E-state index is 13.3. The van der Waals surface area contributed by atoms with Gasteiger partial charge < -0.3 is 5.32 Å². The standard InChI is InChI=1S/C11H16FNO2S/c1-3-16(14,15)8-7-13-11-9(2)5-4-6-10(11)12/h4-6,13H,3,7-8H2,1-2H3. The van der Waals surface area contributed by atoms with E-state index < -0.39 is 9.84 Å². The molecule has 0 radical (unpaired) electrons. The number of sulfone groups is 1. The van der Waals surface area contributed by atoms with E-state index >= 15 is 0 Å². The topological polar surface area (TPSA) is 46.2 Å². The smallest absolute Gasteiger partial charge is 0.151 e. The van der Waals surface area contributed by atoms with Crippen LogP contribution in [-0.4, -0.2) is 26.5 Å². The minimum Gasteiger partial charge on any atom is -0.381 e. The zero-order valence-corrected chi connectivity index (χ0v) is 10.3. The van der Waals surface area contributed by atoms with Crippen molar-refractivity contribution in [2.24, 2.45) is 0 Å². The molecular weight excluding hydrogens is 229 g/mol. The quantitative estimate of drug-likeness (QED) is 0.862. The maximum Gasteiger partial charge on any atom is 0.151 e. The van der Waals surface area contributed by atoms with Gasteiger partial charge in [-0.1, -0.05) is 19.1 Å². The molecule has 0 amide bonds. The van der Waals surface area contributed by atoms with Gasteiger partial charge in [-0.05, 0) is 18.6 Å². The zero-order chi connectivity index (χ0) is 12.2. The molecule has 0 atom stereocenters. The van der Waals surface area contributed by atoms with Gasteiger partial charge in [0.2, 0.25) is 0 Å². The first-order valence-electron chi connectivity index (χ1n) is 5.15. The van der Waals surface area contributed by atoms with Gasteiger partial charge in [-0.15, -0.1) is 0 Å². The van der Waals surface area contributed by atoms with E-state index in [0.29, 0.717) is 5.69 Å². The molecule has 90 valence electrons. The molecule has 16 heavy (non-hydrogen) atoms. The highest BCUT2D eigenvalue weighted by Crippen LogP contribution is 2.18. The average Bonchev–Trinajstić information content (AvgIpc) is 2.22. The van der Waals surface area contributed by atoms with Crippen molar-refractivity contribution in [2.75, 3.05) is 23.4 Å². The highest BCUT2D eigenvalue weighted by atomic mass is 32.2. The fourth-order valence-corrected chi connectivity index (χ4v) is 2.03. The monoisotopic (exact) mass is 245 g/mol. The second kappa shape index (κ2) is 5.30. The van der Waals surface area contributed by atoms with E-state index in [1.54, 1.807) is 26.0 Å². The van der Waals surface area contributed by atoms with Crippen LogP contribution in [0.3, 0.4) is 0 Å². The molecule has 0 fully saturated rings. The molecule has 0 aromatic heterocycles. The summed E-state index contributed by atoms with van der Waals surface area (Å²) in [6.45, 7) is 3.61. The summed E-state index contributed by atoms with van der Waals surface area (Å²) in [6.07, 6.45) is 0. The fourth-order valence-electron chi connectivity index (χ4n) is 1.33. The number of para-hydroxylation sites is 1. The molecule has 0 heterocycles. The van der Waals surface area contributed by atoms with Crippen molar-refractivity contribution in [3.05, 3.63) is 29.6 Å². The average molecular weight is 245 g/mol. The lowest BCUT2D eigenvalue weighted by atomic mass is 10.2. The molecule has 0 aliphatic carbocycles. The van der Waals surface area contributed by atoms with Crippen LogP contribution in [0.1, 0.15) is 12.5 Å². The Hall–Kier alpha value is -1.10. The van der Waals surface area contributed by atoms with Gasteiger partial charge in [-0.25, -0.2) is 12.8 Å². The Morgan fingerprint density at radius 2 is 2.06 bits per heavy atom. The van der Waals surface area contributed by atoms with Gasteiger partial charge in [0.05, 0.1) is 11.4 Å². The van der Waals surface area contributed by atoms with Crippen LogP contribution in [0.2, 0.25) is 0 Å². The van der Waals surface area contributed by atoms with Crippen molar-refractivity contribution in [1.82, 2.24) is 0 Å². The van der Waals surface area contributed by atoms with Gasteiger partial charge in [-0.2, -0.15) is 0 Å². The number of hydrogen-bond acceptors (Lipinski definition) is 3. The minimum absolute atomic E-state index is 0.0251. The third kappa shape index (κ3) is 3.48. The molecule has 1 N–H and O–H groups in total. The van der Waals surface area contributed by atoms with Crippen molar-refractivity contribution < 1.29 is 12.8 Å². The Morgan fingerprint density at radius 1 is 1.38 bits per heavy atom. The third-order valence-electron chi connectivity index (χ3n) is 2.38. The van der Waals surface area contributed by atoms with Crippen molar-refractivity contribution in [1.29, 1.82) is 0 Å². The van der Waals surface area contributed by atoms with Crippen LogP contribution in [-0.2, 0) is 9.84 Å². The first-order valence-corrected chi connectivity index (χ1v) is 6.98. The van der Waals surface area contributed by atoms with Crippen LogP contribution in [0.15, 0.2) is 18.2 Å². The number of hydrogen-bond donors (Lipinski definition) is 1. The van der Waals surface area contributed by atoms with Crippen molar-refractivity contribution in [3.8, 4) is 0 Å². The highest BCUT2D eigenvalue weighted by Gasteiger charge is 2.08. The third-order valence-corrected chi connectivity index (χ3v) is 4.08. The molecule has 5 heteroatoms. The second-order valence-corrected chi connectivity index (χ2v) is 6.07. The van der Waals surface area contributed by atoms with Gasteiger partial charge in [-0.3, -0.25) is 0 Å². The lowest BCUT2D eigenvalue weighted by Gasteiger charge is -2.10. The Balaban J connectivity index is 2.62. The van der Waals surface area contributed by atoms with E-state index in [1.165, 1.54) is 6.07 Å². The number of nitrogens with one attached hydrogen (secondary N) is 1. The molecule has 0 aliphatic heterocycles. The van der Waals surface area contributed by atoms with Crippen molar-refractivity contribution in [2.45, 2.75) is 13.8 Å². The summed E-state index contributed by atoms with van der Waals surface area (Å²) in [5, 5.41) is 2.82. The molecule has 0 spiro atoms. The molecule has 0 unspecified atom stereocenters. The van der Waals surface area contributed by atoms with Gasteiger partial charge >= 0.3 is 0 Å². The van der Waals surface area contributed by atoms with Crippen molar-refractivity contribution >= 4 is 15.5 Å². The number of aryl methyl sites for hydroxylation is 1. The lowest BCUT2D eigenvalue weighted by molar-refractivity contribution is 0.597. The highest BCUT2D eigenvalue weighted by molar-refractivity contribution is 7.91. The van der Waals surface area contributed by atoms with Crippen LogP contribution >= 0.6 is 0 Å². The number of benzene rings is 1. The molecular formula is C11H16FNO2S. The molecule has 0 saturated carbocycles. The summed E-state index contributed by atoms with van der Waals surface area (Å²) >= 11 is 0. The van der Waals surface area contributed by atoms with Crippen LogP contribution in [0.25, 0.3) is 0 Å². The molecule has 1 rings (SSSR count). The summed E-state index contributed by atoms with van der Waals surface area (Å²) in [5.74, 6) is -0.212. The second-order valence-electron chi connectivity index (χ2n) is 3.59. The number of halogens is 1. The molecule has 0 aliphatic rings. The summed E-state index contributed by atoms with van der Waals surface area (Å²) in [6, 6.07) is 4.75. The molecule has 1 aromatic carbocycles. The minimum atomic E-state index is -3.00. The largest absolute Gasteiger partial charge is 0.381 e. The van der Waals surface area contributed by atoms with Gasteiger partial charge in [0.25, 0.3) is 0 Å². The van der Waals surface area contributed by atoms with Gasteiger partial charge in [0, 0.05) is 12.3 Å². The summed E-state index contributed by atoms with van der Waals surface area (Å²) in [4.78, 5) is 0. The lowest BCUT2D eigenvalue weighted by Crippen LogP contribution is -2.18. The first kappa shape index (κ1) is 13.0. The van der Waals surface area contributed by atoms with Gasteiger partial charge in [0.1, 0.15) is 5.82 Å². The summed E-state index contributed by atoms with van der Waals surface area (Å²) in [5.41, 5.74) is 1.16. The zero-order valence-electron chi connectivity index (χ0n) is 9.46. The Labute approximate surface area is 95.6 Å². The van der Waals surface area contributed by atoms with Crippen LogP contribution in [0.4, 0.5) is 10.1 Å². The predicted molar refractivity (Wildman–Crippen MR) is 64.0 cm³/mol. The van der Waals surface area contributed by atoms with E-state index in [2.05, 4.69) is 5.32 Å². The van der Waals surface area contributed by atoms with E-state index in [9.17, 15) is 12.8 Å². The Bertz CT molecular complexity index is 437. The van der Waals surface area contributed by atoms with E-state index in [1.807, 2.05) is 0 Å². The normalized spacial score (nSPS) is 11.4. The molecule has 1 aromatic rings. The van der Waals surface area contributed by atoms with E-state index in [4.69, 9.17) is 0 Å². The summed E-state index contributed by atoms with van der Waals surface area (Å²) in [7, 11) is -3.00. The van der Waals surface area contributed by atoms with Crippen LogP contribution in [0.5, 0.6) is 0 Å². The first-order chi connectivity index (χ1) is 7.46. The predicted octanol–water partition coefficient (Wildman–Crippen LogP) is 1.98. The maximum atomic E-state index is 13.3. The van der Waals surface area contributed by atoms with Gasteiger partial charge in [0.15, 0.2) is 9.84 Å². The van der Waals surface area contributed by atoms with Crippen LogP contribution < -0.4 is 5.32 Å². The SMILES string of the molecule is CCS(=O)(=O)CCNc1c(C)cccc1F. The summed E-state index contributed by atoms with van der Waals surface area (Å²) < 4.78 is 35.8.